The third kappa shape index (κ3) is 45.4. The molecule has 0 saturated carbocycles. The van der Waals surface area contributed by atoms with E-state index in [0.29, 0.717) is 36.9 Å². The van der Waals surface area contributed by atoms with E-state index in [0.717, 1.165) is 28.8 Å². The monoisotopic (exact) mass is 2240 g/mol. The second-order valence-electron chi connectivity index (χ2n) is 30.6. The molecule has 39 nitrogen and oxygen atoms in total. The standard InChI is InChI=1S/2C14H20N3O5.2C13H15N2O2.C11H19NO6.C8H10N2O2.C4H5O.C3H5O.C2H4O.CH2O.6Y/c1-8-6-16-10(19)14(5,11(20)17(16)9(8)7-18)15-12(21)22-13(2,3)4;1-8-6-9(7-18)17-11(20)14(5,10(19)16(8)17)15-12(21)22-13(2,3)4;1-10-7-14-15(12(10)9-16)8-13(17)11-5-3-2-4-6-11;1-10-7-12(9-16)15(14-10)8-13(17)11-5-3-2-4-6-11;1-6-17-8(15)11(5,7(13)14)12-9(16)18-10(2,3)4;9-10-8(11)12-6-7-4-2-1-3-5-7;1-2-3-4-5;1-2-3-4;1-2-3;1-2;;;;;;/h2*8-9H,6H2,1-5H3,(H,15,21);2*2-6,10,12,14H,7-8H2,1H3;6H2,1-5H3,(H,12,16)(H,13,14);1-5H,6,9H2,(H,10,11);2-3H,1H3;2H2,1H3;2H,1H3;1H2;;;;;;/q4*-1;;;2*-1;;;;;;;;/b;;;;;;3-2+;;;;;;;;;. The van der Waals surface area contributed by atoms with E-state index in [4.69, 9.17) is 44.3 Å². The molecule has 6 saturated heterocycles. The number of carboxylic acid groups (broad SMARTS) is 1. The molecule has 128 heavy (non-hydrogen) atoms. The number of ketones is 2. The fourth-order valence-corrected chi connectivity index (χ4v) is 11.1. The van der Waals surface area contributed by atoms with E-state index >= 15 is 0 Å². The van der Waals surface area contributed by atoms with Gasteiger partial charge in [-0.2, -0.15) is 12.5 Å². The summed E-state index contributed by atoms with van der Waals surface area (Å²) in [7, 11) is 0. The fraction of sp³-hybridized carbons (Fsp3) is 0.518. The van der Waals surface area contributed by atoms with Crippen molar-refractivity contribution >= 4 is 122 Å². The largest absolute Gasteiger partial charge is 0.542 e. The van der Waals surface area contributed by atoms with Crippen molar-refractivity contribution in [3.05, 3.63) is 120 Å². The van der Waals surface area contributed by atoms with E-state index in [9.17, 15) is 81.5 Å². The molecule has 0 bridgehead atoms. The van der Waals surface area contributed by atoms with Gasteiger partial charge in [0.05, 0.1) is 25.7 Å². The van der Waals surface area contributed by atoms with Crippen molar-refractivity contribution in [3.63, 3.8) is 0 Å². The number of carboxylic acids is 1. The molecule has 11 unspecified atom stereocenters. The predicted molar refractivity (Wildman–Crippen MR) is 440 cm³/mol. The van der Waals surface area contributed by atoms with Gasteiger partial charge in [0.25, 0.3) is 23.6 Å². The molecule has 692 valence electrons. The first-order valence-corrected chi connectivity index (χ1v) is 38.2. The summed E-state index contributed by atoms with van der Waals surface area (Å²) >= 11 is 0. The Morgan fingerprint density at radius 1 is 0.562 bits per heavy atom. The van der Waals surface area contributed by atoms with Crippen LogP contribution in [0.15, 0.2) is 103 Å². The number of nitrogens with zero attached hydrogens (tertiary/aromatic N) is 6. The molecule has 6 fully saturated rings. The van der Waals surface area contributed by atoms with E-state index in [1.54, 1.807) is 156 Å². The second kappa shape index (κ2) is 67.6. The van der Waals surface area contributed by atoms with Crippen molar-refractivity contribution in [2.45, 2.75) is 234 Å². The number of nitrogens with one attached hydrogen (secondary N) is 6. The average molecular weight is 2240 g/mol. The summed E-state index contributed by atoms with van der Waals surface area (Å²) in [5.74, 6) is -0.210. The number of esters is 1. The van der Waals surface area contributed by atoms with Gasteiger partial charge in [0.2, 0.25) is 16.6 Å². The van der Waals surface area contributed by atoms with Gasteiger partial charge < -0.3 is 67.1 Å². The summed E-state index contributed by atoms with van der Waals surface area (Å²) in [5, 5.41) is 23.6. The van der Waals surface area contributed by atoms with Gasteiger partial charge in [-0.3, -0.25) is 92.3 Å². The number of benzene rings is 3. The number of fused-ring (bicyclic) bond motifs is 2. The molecule has 0 aliphatic carbocycles. The summed E-state index contributed by atoms with van der Waals surface area (Å²) in [6.07, 6.45) is 12.7. The van der Waals surface area contributed by atoms with Crippen molar-refractivity contribution in [2.24, 2.45) is 17.7 Å². The number of aliphatic carboxylic acids is 1. The molecule has 9 rings (SSSR count). The van der Waals surface area contributed by atoms with Crippen LogP contribution in [-0.4, -0.2) is 260 Å². The minimum absolute atomic E-state index is 0. The average Bonchev–Trinajstić information content (AvgIpc) is 1.57. The number of nitrogens with two attached hydrogens (primary N) is 1. The van der Waals surface area contributed by atoms with Gasteiger partial charge in [0, 0.05) is 227 Å². The molecular formula is C83H115N13O26Y6-6. The minimum Gasteiger partial charge on any atom is -0.542 e. The SMILES string of the molecule is C/C=C/[C-]=O.C=O.CC1CC([C-]=O)N(CC(=O)c2ccccc2)N1.CC1CC([C-]=O)N2C(=O)C(C)(NC(=O)OC(C)(C)C)C(=O)N12.CC1CN2C(=O)C(C)(NC(=O)OC(C)(C)C)C(=O)N2C1[C-]=O.CC1CNN(CC(=O)c2ccccc2)C1[C-]=O.CC=O.CCOC(=O)C(C)(NC(=O)OC(C)(C)C)C(=O)O.CC[C-]=O.NNC(=O)OCc1ccccc1.[Y].[Y].[Y].[Y].[Y].[Y]. The van der Waals surface area contributed by atoms with Gasteiger partial charge >= 0.3 is 36.3 Å². The summed E-state index contributed by atoms with van der Waals surface area (Å²) < 4.78 is 24.4. The van der Waals surface area contributed by atoms with E-state index in [1.165, 1.54) is 43.8 Å². The van der Waals surface area contributed by atoms with Crippen LogP contribution in [0.3, 0.4) is 0 Å². The topological polar surface area (TPSA) is 525 Å². The summed E-state index contributed by atoms with van der Waals surface area (Å²) in [6, 6.07) is 25.2. The van der Waals surface area contributed by atoms with Gasteiger partial charge in [0.15, 0.2) is 11.6 Å². The molecule has 6 radical (unpaired) electrons. The van der Waals surface area contributed by atoms with Crippen molar-refractivity contribution in [3.8, 4) is 0 Å². The number of carbonyl (C=O) groups is 14. The maximum absolute atomic E-state index is 12.6. The maximum atomic E-state index is 12.6. The second-order valence-corrected chi connectivity index (χ2v) is 30.6. The Morgan fingerprint density at radius 3 is 1.34 bits per heavy atom. The number of Topliss-reactive ketones (excluding diaryl/α,β-unsaturated/α-hetero) is 2. The Morgan fingerprint density at radius 2 is 0.969 bits per heavy atom. The number of alkyl carbamates (subject to hydrolysis) is 3. The molecule has 0 spiro atoms. The van der Waals surface area contributed by atoms with Crippen LogP contribution in [0.1, 0.15) is 184 Å². The van der Waals surface area contributed by atoms with Crippen LogP contribution in [0.5, 0.6) is 0 Å². The smallest absolute Gasteiger partial charge is 0.421 e. The van der Waals surface area contributed by atoms with Crippen LogP contribution < -0.4 is 38.1 Å². The molecule has 6 heterocycles. The first-order chi connectivity index (χ1) is 57.0. The summed E-state index contributed by atoms with van der Waals surface area (Å²) in [5.41, 5.74) is 2.29. The third-order valence-corrected chi connectivity index (χ3v) is 16.8. The maximum Gasteiger partial charge on any atom is 0.421 e. The van der Waals surface area contributed by atoms with Gasteiger partial charge in [-0.15, -0.1) is 6.92 Å². The molecule has 6 aliphatic rings. The van der Waals surface area contributed by atoms with Crippen LogP contribution in [-0.2, 0) is 294 Å². The van der Waals surface area contributed by atoms with E-state index in [-0.39, 0.29) is 277 Å². The van der Waals surface area contributed by atoms with Crippen molar-refractivity contribution < 1.29 is 321 Å². The van der Waals surface area contributed by atoms with Gasteiger partial charge in [0.1, 0.15) is 36.5 Å². The Balaban J connectivity index is -0.000000265. The molecule has 3 aromatic rings. The van der Waals surface area contributed by atoms with Crippen molar-refractivity contribution in [2.75, 3.05) is 32.8 Å². The van der Waals surface area contributed by atoms with Crippen LogP contribution >= 0.6 is 0 Å². The number of aldehydes is 1. The normalized spacial score (nSPS) is 20.9. The third-order valence-electron chi connectivity index (χ3n) is 16.8. The number of allylic oxidation sites excluding steroid dienone is 2. The zero-order valence-corrected chi connectivity index (χ0v) is 93.0. The number of hydrogen-bond donors (Lipinski definition) is 8. The Bertz CT molecular complexity index is 3990. The molecule has 6 aliphatic heterocycles. The summed E-state index contributed by atoms with van der Waals surface area (Å²) in [6.45, 7) is 36.1. The fourth-order valence-electron chi connectivity index (χ4n) is 11.1. The Kier molecular flexibility index (Phi) is 71.5. The Labute approximate surface area is 899 Å². The predicted octanol–water partition coefficient (Wildman–Crippen LogP) is 4.75. The van der Waals surface area contributed by atoms with E-state index < -0.39 is 105 Å². The van der Waals surface area contributed by atoms with Gasteiger partial charge in [-0.05, 0) is 159 Å². The molecular weight excluding hydrogens is 2130 g/mol. The molecule has 9 N–H and O–H groups in total. The first-order valence-electron chi connectivity index (χ1n) is 38.2. The molecule has 8 amide bonds. The number of amides is 8. The number of ether oxygens (including phenoxy) is 5. The first kappa shape index (κ1) is 135. The van der Waals surface area contributed by atoms with E-state index in [1.807, 2.05) is 111 Å². The van der Waals surface area contributed by atoms with Gasteiger partial charge in [-0.1, -0.05) is 124 Å². The number of carbonyl (C=O) groups excluding carboxylic acids is 19. The molecule has 45 heteroatoms. The van der Waals surface area contributed by atoms with Crippen LogP contribution in [0.2, 0.25) is 0 Å². The number of rotatable bonds is 20. The zero-order chi connectivity index (χ0) is 93.9. The quantitative estimate of drug-likeness (QED) is 0.00723. The van der Waals surface area contributed by atoms with Crippen LogP contribution in [0.4, 0.5) is 19.2 Å². The minimum atomic E-state index is -2.17. The van der Waals surface area contributed by atoms with Crippen LogP contribution in [0.25, 0.3) is 0 Å². The molecule has 0 aromatic heterocycles. The molecule has 3 aromatic carbocycles. The van der Waals surface area contributed by atoms with Gasteiger partial charge in [-0.25, -0.2) is 70.8 Å². The van der Waals surface area contributed by atoms with Crippen molar-refractivity contribution in [1.82, 2.24) is 62.3 Å². The van der Waals surface area contributed by atoms with Crippen LogP contribution in [0, 0.1) is 11.8 Å². The van der Waals surface area contributed by atoms with E-state index in [2.05, 4.69) is 26.2 Å². The zero-order valence-electron chi connectivity index (χ0n) is 76.0. The Hall–Kier alpha value is -5.58. The molecule has 11 atom stereocenters. The summed E-state index contributed by atoms with van der Waals surface area (Å²) in [4.78, 5) is 221. The number of hydrogen-bond acceptors (Lipinski definition) is 30. The van der Waals surface area contributed by atoms with Crippen molar-refractivity contribution in [1.29, 1.82) is 0 Å². The number of hydrazine groups is 5.